The Hall–Kier alpha value is -4.59. The lowest BCUT2D eigenvalue weighted by molar-refractivity contribution is 0.0906. The van der Waals surface area contributed by atoms with Crippen molar-refractivity contribution in [2.75, 3.05) is 13.2 Å². The molecule has 0 radical (unpaired) electrons. The fourth-order valence-corrected chi connectivity index (χ4v) is 4.70. The maximum atomic E-state index is 13.1. The second kappa shape index (κ2) is 11.2. The molecule has 1 heterocycles. The van der Waals surface area contributed by atoms with Crippen molar-refractivity contribution in [2.24, 2.45) is 0 Å². The van der Waals surface area contributed by atoms with Crippen LogP contribution in [0.25, 0.3) is 21.5 Å². The van der Waals surface area contributed by atoms with Gasteiger partial charge in [-0.2, -0.15) is 0 Å². The number of benzene rings is 4. The number of hydrogen-bond donors (Lipinski definition) is 4. The number of carbonyl (C=O) groups excluding carboxylic acids is 2. The van der Waals surface area contributed by atoms with Crippen molar-refractivity contribution in [3.05, 3.63) is 126 Å². The van der Waals surface area contributed by atoms with Crippen LogP contribution in [0, 0.1) is 0 Å². The summed E-state index contributed by atoms with van der Waals surface area (Å²) in [5.74, 6) is -1.03. The van der Waals surface area contributed by atoms with E-state index in [0.29, 0.717) is 0 Å². The SMILES string of the molecule is O=C(N[C@H](CO)c1cccc2ccccc12)c1cccc(C(=O)N[C@H](CO)c2cccc3ccccc23)n1. The summed E-state index contributed by atoms with van der Waals surface area (Å²) in [7, 11) is 0. The Morgan fingerprint density at radius 3 is 1.42 bits per heavy atom. The van der Waals surface area contributed by atoms with Crippen LogP contribution in [0.15, 0.2) is 103 Å². The van der Waals surface area contributed by atoms with Crippen molar-refractivity contribution in [3.8, 4) is 0 Å². The highest BCUT2D eigenvalue weighted by atomic mass is 16.3. The summed E-state index contributed by atoms with van der Waals surface area (Å²) in [6.07, 6.45) is 0. The lowest BCUT2D eigenvalue weighted by Crippen LogP contribution is -2.33. The Morgan fingerprint density at radius 2 is 0.974 bits per heavy atom. The van der Waals surface area contributed by atoms with Crippen LogP contribution in [-0.2, 0) is 0 Å². The monoisotopic (exact) mass is 505 g/mol. The van der Waals surface area contributed by atoms with Gasteiger partial charge in [0.2, 0.25) is 0 Å². The molecule has 4 N–H and O–H groups in total. The summed E-state index contributed by atoms with van der Waals surface area (Å²) in [5.41, 5.74) is 1.66. The highest BCUT2D eigenvalue weighted by Gasteiger charge is 2.21. The fraction of sp³-hybridized carbons (Fsp3) is 0.129. The molecule has 0 aliphatic rings. The van der Waals surface area contributed by atoms with E-state index in [9.17, 15) is 19.8 Å². The maximum Gasteiger partial charge on any atom is 0.270 e. The minimum absolute atomic E-state index is 0.0436. The van der Waals surface area contributed by atoms with Gasteiger partial charge < -0.3 is 20.8 Å². The third-order valence-corrected chi connectivity index (χ3v) is 6.59. The van der Waals surface area contributed by atoms with Crippen LogP contribution in [0.3, 0.4) is 0 Å². The van der Waals surface area contributed by atoms with Gasteiger partial charge in [0, 0.05) is 0 Å². The molecule has 0 spiro atoms. The van der Waals surface area contributed by atoms with Crippen molar-refractivity contribution in [2.45, 2.75) is 12.1 Å². The van der Waals surface area contributed by atoms with Crippen molar-refractivity contribution < 1.29 is 19.8 Å². The van der Waals surface area contributed by atoms with E-state index in [1.807, 2.05) is 84.9 Å². The van der Waals surface area contributed by atoms with Gasteiger partial charge in [-0.05, 0) is 44.8 Å². The molecule has 38 heavy (non-hydrogen) atoms. The summed E-state index contributed by atoms with van der Waals surface area (Å²) < 4.78 is 0. The van der Waals surface area contributed by atoms with Crippen molar-refractivity contribution in [3.63, 3.8) is 0 Å². The predicted octanol–water partition coefficient (Wildman–Crippen LogP) is 4.31. The largest absolute Gasteiger partial charge is 0.394 e. The zero-order valence-corrected chi connectivity index (χ0v) is 20.5. The third-order valence-electron chi connectivity index (χ3n) is 6.59. The summed E-state index contributed by atoms with van der Waals surface area (Å²) in [6.45, 7) is -0.605. The molecule has 4 aromatic carbocycles. The fourth-order valence-electron chi connectivity index (χ4n) is 4.70. The van der Waals surface area contributed by atoms with Gasteiger partial charge in [-0.1, -0.05) is 91.0 Å². The van der Waals surface area contributed by atoms with Crippen LogP contribution >= 0.6 is 0 Å². The van der Waals surface area contributed by atoms with Gasteiger partial charge in [-0.25, -0.2) is 4.98 Å². The Balaban J connectivity index is 1.35. The van der Waals surface area contributed by atoms with E-state index in [-0.39, 0.29) is 24.6 Å². The topological polar surface area (TPSA) is 112 Å². The first-order chi connectivity index (χ1) is 18.6. The molecule has 7 nitrogen and oxygen atoms in total. The van der Waals surface area contributed by atoms with Gasteiger partial charge in [0.1, 0.15) is 11.4 Å². The summed E-state index contributed by atoms with van der Waals surface area (Å²) in [6, 6.07) is 30.2. The molecule has 2 atom stereocenters. The number of nitrogens with zero attached hydrogens (tertiary/aromatic N) is 1. The van der Waals surface area contributed by atoms with Gasteiger partial charge >= 0.3 is 0 Å². The van der Waals surface area contributed by atoms with E-state index in [0.717, 1.165) is 32.7 Å². The van der Waals surface area contributed by atoms with Crippen LogP contribution < -0.4 is 10.6 Å². The van der Waals surface area contributed by atoms with E-state index < -0.39 is 23.9 Å². The Bertz CT molecular complexity index is 1490. The number of amides is 2. The molecule has 0 bridgehead atoms. The van der Waals surface area contributed by atoms with Gasteiger partial charge in [-0.3, -0.25) is 9.59 Å². The number of aromatic nitrogens is 1. The van der Waals surface area contributed by atoms with Crippen LogP contribution in [0.4, 0.5) is 0 Å². The Morgan fingerprint density at radius 1 is 0.579 bits per heavy atom. The van der Waals surface area contributed by atoms with Crippen LogP contribution in [0.5, 0.6) is 0 Å². The molecule has 190 valence electrons. The molecule has 0 fully saturated rings. The highest BCUT2D eigenvalue weighted by Crippen LogP contribution is 2.26. The average molecular weight is 506 g/mol. The standard InChI is InChI=1S/C31H27N3O4/c35-18-28(24-14-5-10-20-8-1-3-12-22(20)24)33-30(37)26-16-7-17-27(32-26)31(38)34-29(19-36)25-15-6-11-21-9-2-4-13-23(21)25/h1-17,28-29,35-36H,18-19H2,(H,33,37)(H,34,38)/t28-,29-/m1/s1. The van der Waals surface area contributed by atoms with E-state index >= 15 is 0 Å². The number of hydrogen-bond acceptors (Lipinski definition) is 5. The minimum atomic E-state index is -0.655. The van der Waals surface area contributed by atoms with E-state index in [1.54, 1.807) is 6.07 Å². The number of rotatable bonds is 8. The van der Waals surface area contributed by atoms with Gasteiger partial charge in [-0.15, -0.1) is 0 Å². The molecule has 5 rings (SSSR count). The molecular weight excluding hydrogens is 478 g/mol. The summed E-state index contributed by atoms with van der Waals surface area (Å²) in [4.78, 5) is 30.4. The van der Waals surface area contributed by atoms with E-state index in [2.05, 4.69) is 15.6 Å². The average Bonchev–Trinajstić information content (AvgIpc) is 2.98. The second-order valence-electron chi connectivity index (χ2n) is 8.96. The molecule has 7 heteroatoms. The van der Waals surface area contributed by atoms with Gasteiger partial charge in [0.15, 0.2) is 0 Å². The molecule has 0 saturated heterocycles. The molecule has 0 aliphatic carbocycles. The molecular formula is C31H27N3O4. The number of fused-ring (bicyclic) bond motifs is 2. The first-order valence-corrected chi connectivity index (χ1v) is 12.3. The maximum absolute atomic E-state index is 13.1. The first-order valence-electron chi connectivity index (χ1n) is 12.3. The minimum Gasteiger partial charge on any atom is -0.394 e. The molecule has 2 amide bonds. The molecule has 1 aromatic heterocycles. The second-order valence-corrected chi connectivity index (χ2v) is 8.96. The van der Waals surface area contributed by atoms with Crippen LogP contribution in [0.2, 0.25) is 0 Å². The predicted molar refractivity (Wildman–Crippen MR) is 147 cm³/mol. The number of nitrogens with one attached hydrogen (secondary N) is 2. The number of aliphatic hydroxyl groups excluding tert-OH is 2. The van der Waals surface area contributed by atoms with Crippen molar-refractivity contribution in [1.82, 2.24) is 15.6 Å². The van der Waals surface area contributed by atoms with Crippen molar-refractivity contribution >= 4 is 33.4 Å². The third kappa shape index (κ3) is 5.11. The lowest BCUT2D eigenvalue weighted by atomic mass is 9.99. The molecule has 0 saturated carbocycles. The Kier molecular flexibility index (Phi) is 7.40. The Labute approximate surface area is 219 Å². The van der Waals surface area contributed by atoms with Crippen LogP contribution in [-0.4, -0.2) is 40.2 Å². The number of pyridine rings is 1. The zero-order valence-electron chi connectivity index (χ0n) is 20.5. The smallest absolute Gasteiger partial charge is 0.270 e. The first kappa shape index (κ1) is 25.1. The highest BCUT2D eigenvalue weighted by molar-refractivity contribution is 5.97. The lowest BCUT2D eigenvalue weighted by Gasteiger charge is -2.19. The normalized spacial score (nSPS) is 12.7. The molecule has 5 aromatic rings. The van der Waals surface area contributed by atoms with Crippen molar-refractivity contribution in [1.29, 1.82) is 0 Å². The van der Waals surface area contributed by atoms with Gasteiger partial charge in [0.05, 0.1) is 25.3 Å². The molecule has 0 unspecified atom stereocenters. The number of aliphatic hydroxyl groups is 2. The molecule has 0 aliphatic heterocycles. The zero-order chi connectivity index (χ0) is 26.5. The number of carbonyl (C=O) groups is 2. The quantitative estimate of drug-likeness (QED) is 0.251. The van der Waals surface area contributed by atoms with E-state index in [4.69, 9.17) is 0 Å². The summed E-state index contributed by atoms with van der Waals surface area (Å²) in [5, 5.41) is 29.7. The van der Waals surface area contributed by atoms with E-state index in [1.165, 1.54) is 12.1 Å². The van der Waals surface area contributed by atoms with Gasteiger partial charge in [0.25, 0.3) is 11.8 Å². The van der Waals surface area contributed by atoms with Crippen LogP contribution in [0.1, 0.15) is 44.2 Å². The summed E-state index contributed by atoms with van der Waals surface area (Å²) >= 11 is 0.